The standard InChI is InChI=1S/C17H23N5O4/c1-17(2)25-12-9(7-18)6-11(13(12)26-17)22-5-4-10-14(21(3)16(23)24)19-8-20-15(10)22/h4-5,8-9,11-13H,6-7,18H2,1-3H3,(H,23,24)/t9-,11-,12-,13+/m1/s1. The molecule has 1 saturated carbocycles. The zero-order valence-corrected chi connectivity index (χ0v) is 15.0. The molecule has 9 heteroatoms. The average Bonchev–Trinajstić information content (AvgIpc) is 3.24. The second kappa shape index (κ2) is 5.90. The highest BCUT2D eigenvalue weighted by molar-refractivity contribution is 5.96. The minimum absolute atomic E-state index is 0.0192. The number of hydrogen-bond donors (Lipinski definition) is 2. The van der Waals surface area contributed by atoms with Gasteiger partial charge in [-0.25, -0.2) is 14.8 Å². The van der Waals surface area contributed by atoms with Crippen LogP contribution in [0.3, 0.4) is 0 Å². The lowest BCUT2D eigenvalue weighted by Crippen LogP contribution is -2.29. The van der Waals surface area contributed by atoms with Gasteiger partial charge in [-0.2, -0.15) is 0 Å². The van der Waals surface area contributed by atoms with Crippen molar-refractivity contribution in [3.05, 3.63) is 18.6 Å². The van der Waals surface area contributed by atoms with Crippen LogP contribution >= 0.6 is 0 Å². The van der Waals surface area contributed by atoms with Crippen LogP contribution in [0.25, 0.3) is 11.0 Å². The molecular formula is C17H23N5O4. The maximum absolute atomic E-state index is 11.3. The molecule has 2 aromatic heterocycles. The number of fused-ring (bicyclic) bond motifs is 2. The quantitative estimate of drug-likeness (QED) is 0.853. The van der Waals surface area contributed by atoms with Gasteiger partial charge >= 0.3 is 6.09 Å². The first-order valence-electron chi connectivity index (χ1n) is 8.66. The third-order valence-electron chi connectivity index (χ3n) is 5.30. The molecule has 4 atom stereocenters. The molecule has 0 aromatic carbocycles. The minimum atomic E-state index is -1.07. The Kier molecular flexibility index (Phi) is 3.90. The third-order valence-corrected chi connectivity index (χ3v) is 5.30. The van der Waals surface area contributed by atoms with E-state index in [0.29, 0.717) is 23.4 Å². The lowest BCUT2D eigenvalue weighted by atomic mass is 10.1. The van der Waals surface area contributed by atoms with Crippen molar-refractivity contribution in [1.82, 2.24) is 14.5 Å². The van der Waals surface area contributed by atoms with Gasteiger partial charge in [0.2, 0.25) is 0 Å². The Bertz CT molecular complexity index is 851. The van der Waals surface area contributed by atoms with Crippen LogP contribution in [0, 0.1) is 5.92 Å². The molecule has 26 heavy (non-hydrogen) atoms. The fourth-order valence-corrected chi connectivity index (χ4v) is 4.14. The van der Waals surface area contributed by atoms with E-state index in [9.17, 15) is 9.90 Å². The number of rotatable bonds is 3. The van der Waals surface area contributed by atoms with Crippen LogP contribution in [-0.2, 0) is 9.47 Å². The summed E-state index contributed by atoms with van der Waals surface area (Å²) in [7, 11) is 1.47. The van der Waals surface area contributed by atoms with Crippen molar-refractivity contribution < 1.29 is 19.4 Å². The second-order valence-electron chi connectivity index (χ2n) is 7.36. The number of amides is 1. The van der Waals surface area contributed by atoms with Crippen molar-refractivity contribution in [2.75, 3.05) is 18.5 Å². The fraction of sp³-hybridized carbons (Fsp3) is 0.588. The van der Waals surface area contributed by atoms with Crippen molar-refractivity contribution in [2.45, 2.75) is 44.3 Å². The molecule has 3 N–H and O–H groups in total. The van der Waals surface area contributed by atoms with Crippen LogP contribution in [0.2, 0.25) is 0 Å². The van der Waals surface area contributed by atoms with Gasteiger partial charge in [0.15, 0.2) is 11.6 Å². The Morgan fingerprint density at radius 3 is 2.85 bits per heavy atom. The number of aromatic nitrogens is 3. The van der Waals surface area contributed by atoms with Gasteiger partial charge in [0.05, 0.1) is 17.5 Å². The van der Waals surface area contributed by atoms with Crippen molar-refractivity contribution in [3.63, 3.8) is 0 Å². The molecular weight excluding hydrogens is 338 g/mol. The maximum atomic E-state index is 11.3. The van der Waals surface area contributed by atoms with E-state index in [-0.39, 0.29) is 24.2 Å². The Hall–Kier alpha value is -2.23. The molecule has 0 bridgehead atoms. The van der Waals surface area contributed by atoms with Crippen LogP contribution in [-0.4, -0.2) is 57.3 Å². The zero-order chi connectivity index (χ0) is 18.6. The van der Waals surface area contributed by atoms with Crippen molar-refractivity contribution in [1.29, 1.82) is 0 Å². The first kappa shape index (κ1) is 17.2. The molecule has 0 unspecified atom stereocenters. The highest BCUT2D eigenvalue weighted by Gasteiger charge is 2.54. The number of hydrogen-bond acceptors (Lipinski definition) is 6. The van der Waals surface area contributed by atoms with Crippen molar-refractivity contribution in [3.8, 4) is 0 Å². The number of nitrogens with zero attached hydrogens (tertiary/aromatic N) is 4. The largest absolute Gasteiger partial charge is 0.465 e. The van der Waals surface area contributed by atoms with E-state index in [1.54, 1.807) is 0 Å². The van der Waals surface area contributed by atoms with Crippen LogP contribution in [0.4, 0.5) is 10.6 Å². The molecule has 2 aliphatic rings. The normalized spacial score (nSPS) is 29.8. The summed E-state index contributed by atoms with van der Waals surface area (Å²) >= 11 is 0. The molecule has 0 radical (unpaired) electrons. The van der Waals surface area contributed by atoms with Crippen LogP contribution in [0.1, 0.15) is 26.3 Å². The molecule has 1 saturated heterocycles. The molecule has 2 aromatic rings. The molecule has 1 aliphatic heterocycles. The van der Waals surface area contributed by atoms with E-state index in [1.165, 1.54) is 13.4 Å². The predicted octanol–water partition coefficient (Wildman–Crippen LogP) is 1.59. The Morgan fingerprint density at radius 1 is 1.42 bits per heavy atom. The van der Waals surface area contributed by atoms with Gasteiger partial charge in [-0.05, 0) is 32.9 Å². The monoisotopic (exact) mass is 361 g/mol. The van der Waals surface area contributed by atoms with Gasteiger partial charge < -0.3 is 24.9 Å². The van der Waals surface area contributed by atoms with Gasteiger partial charge in [-0.3, -0.25) is 4.90 Å². The first-order valence-corrected chi connectivity index (χ1v) is 8.66. The molecule has 9 nitrogen and oxygen atoms in total. The average molecular weight is 361 g/mol. The number of carboxylic acid groups (broad SMARTS) is 1. The molecule has 4 rings (SSSR count). The Balaban J connectivity index is 1.76. The number of ether oxygens (including phenoxy) is 2. The summed E-state index contributed by atoms with van der Waals surface area (Å²) in [4.78, 5) is 20.9. The SMILES string of the molecule is CN(C(=O)O)c1ncnc2c1ccn2[C@@H]1C[C@H](CN)[C@H]2OC(C)(C)O[C@H]21. The topological polar surface area (TPSA) is 116 Å². The fourth-order valence-electron chi connectivity index (χ4n) is 4.14. The van der Waals surface area contributed by atoms with Crippen LogP contribution in [0.5, 0.6) is 0 Å². The van der Waals surface area contributed by atoms with E-state index < -0.39 is 11.9 Å². The molecule has 0 spiro atoms. The van der Waals surface area contributed by atoms with Gasteiger partial charge in [0.1, 0.15) is 18.1 Å². The van der Waals surface area contributed by atoms with E-state index >= 15 is 0 Å². The predicted molar refractivity (Wildman–Crippen MR) is 94.0 cm³/mol. The Labute approximate surface area is 150 Å². The van der Waals surface area contributed by atoms with Gasteiger partial charge in [-0.1, -0.05) is 0 Å². The van der Waals surface area contributed by atoms with Crippen molar-refractivity contribution >= 4 is 22.9 Å². The molecule has 140 valence electrons. The summed E-state index contributed by atoms with van der Waals surface area (Å²) in [6.07, 6.45) is 2.87. The lowest BCUT2D eigenvalue weighted by molar-refractivity contribution is -0.159. The number of nitrogens with two attached hydrogens (primary N) is 1. The summed E-state index contributed by atoms with van der Waals surface area (Å²) in [6, 6.07) is 1.86. The minimum Gasteiger partial charge on any atom is -0.465 e. The number of anilines is 1. The molecule has 3 heterocycles. The van der Waals surface area contributed by atoms with Crippen molar-refractivity contribution in [2.24, 2.45) is 11.7 Å². The smallest absolute Gasteiger partial charge is 0.412 e. The van der Waals surface area contributed by atoms with E-state index in [2.05, 4.69) is 9.97 Å². The highest BCUT2D eigenvalue weighted by Crippen LogP contribution is 2.47. The summed E-state index contributed by atoms with van der Waals surface area (Å²) in [5.74, 6) is -0.0871. The summed E-state index contributed by atoms with van der Waals surface area (Å²) in [5, 5.41) is 9.95. The Morgan fingerprint density at radius 2 is 2.15 bits per heavy atom. The van der Waals surface area contributed by atoms with E-state index in [0.717, 1.165) is 11.3 Å². The third kappa shape index (κ3) is 2.54. The summed E-state index contributed by atoms with van der Waals surface area (Å²) in [5.41, 5.74) is 6.64. The maximum Gasteiger partial charge on any atom is 0.412 e. The second-order valence-corrected chi connectivity index (χ2v) is 7.36. The van der Waals surface area contributed by atoms with Gasteiger partial charge in [-0.15, -0.1) is 0 Å². The van der Waals surface area contributed by atoms with Crippen LogP contribution in [0.15, 0.2) is 18.6 Å². The summed E-state index contributed by atoms with van der Waals surface area (Å²) < 4.78 is 14.3. The molecule has 1 aliphatic carbocycles. The van der Waals surface area contributed by atoms with Crippen LogP contribution < -0.4 is 10.6 Å². The first-order chi connectivity index (χ1) is 12.3. The highest BCUT2D eigenvalue weighted by atomic mass is 16.8. The van der Waals surface area contributed by atoms with Gasteiger partial charge in [0.25, 0.3) is 0 Å². The van der Waals surface area contributed by atoms with Gasteiger partial charge in [0, 0.05) is 19.2 Å². The zero-order valence-electron chi connectivity index (χ0n) is 15.0. The lowest BCUT2D eigenvalue weighted by Gasteiger charge is -2.24. The number of carbonyl (C=O) groups is 1. The molecule has 2 fully saturated rings. The van der Waals surface area contributed by atoms with E-state index in [1.807, 2.05) is 30.7 Å². The molecule has 1 amide bonds. The summed E-state index contributed by atoms with van der Waals surface area (Å²) in [6.45, 7) is 4.34. The van der Waals surface area contributed by atoms with E-state index in [4.69, 9.17) is 15.2 Å².